The lowest BCUT2D eigenvalue weighted by molar-refractivity contribution is 0.278. The van der Waals surface area contributed by atoms with Crippen LogP contribution < -0.4 is 10.3 Å². The van der Waals surface area contributed by atoms with Crippen LogP contribution in [0.15, 0.2) is 35.1 Å². The first-order valence-electron chi connectivity index (χ1n) is 6.06. The average molecular weight is 260 g/mol. The van der Waals surface area contributed by atoms with Crippen molar-refractivity contribution in [2.24, 2.45) is 0 Å². The third-order valence-corrected chi connectivity index (χ3v) is 2.88. The maximum Gasteiger partial charge on any atom is 0.272 e. The highest BCUT2D eigenvalue weighted by atomic mass is 16.5. The van der Waals surface area contributed by atoms with Gasteiger partial charge in [0.05, 0.1) is 19.4 Å². The number of ether oxygens (including phenoxy) is 1. The molecule has 0 aliphatic carbocycles. The lowest BCUT2D eigenvalue weighted by Crippen LogP contribution is -2.26. The highest BCUT2D eigenvalue weighted by Gasteiger charge is 2.09. The van der Waals surface area contributed by atoms with E-state index in [1.807, 2.05) is 31.2 Å². The van der Waals surface area contributed by atoms with Crippen LogP contribution >= 0.6 is 0 Å². The molecule has 0 amide bonds. The molecule has 0 radical (unpaired) electrons. The van der Waals surface area contributed by atoms with Crippen molar-refractivity contribution >= 4 is 0 Å². The number of hydrogen-bond acceptors (Lipinski definition) is 4. The van der Waals surface area contributed by atoms with Gasteiger partial charge in [-0.15, -0.1) is 0 Å². The summed E-state index contributed by atoms with van der Waals surface area (Å²) in [5, 5.41) is 13.5. The fraction of sp³-hybridized carbons (Fsp3) is 0.286. The van der Waals surface area contributed by atoms with E-state index in [1.54, 1.807) is 13.2 Å². The predicted molar refractivity (Wildman–Crippen MR) is 72.1 cm³/mol. The molecule has 0 bridgehead atoms. The molecule has 5 heteroatoms. The highest BCUT2D eigenvalue weighted by molar-refractivity contribution is 5.61. The maximum atomic E-state index is 11.9. The molecule has 2 aromatic rings. The second-order valence-corrected chi connectivity index (χ2v) is 4.07. The molecule has 1 heterocycles. The van der Waals surface area contributed by atoms with Gasteiger partial charge in [-0.2, -0.15) is 5.10 Å². The normalized spacial score (nSPS) is 10.5. The zero-order chi connectivity index (χ0) is 13.8. The fourth-order valence-corrected chi connectivity index (χ4v) is 1.85. The number of benzene rings is 1. The van der Waals surface area contributed by atoms with Crippen LogP contribution in [-0.2, 0) is 13.2 Å². The van der Waals surface area contributed by atoms with Crippen molar-refractivity contribution in [2.45, 2.75) is 20.1 Å². The van der Waals surface area contributed by atoms with Gasteiger partial charge in [0, 0.05) is 17.7 Å². The van der Waals surface area contributed by atoms with E-state index in [0.717, 1.165) is 11.3 Å². The van der Waals surface area contributed by atoms with E-state index >= 15 is 0 Å². The summed E-state index contributed by atoms with van der Waals surface area (Å²) < 4.78 is 6.52. The number of aliphatic hydroxyl groups is 1. The topological polar surface area (TPSA) is 64.3 Å². The molecule has 1 N–H and O–H groups in total. The third-order valence-electron chi connectivity index (χ3n) is 2.88. The van der Waals surface area contributed by atoms with Crippen LogP contribution in [0, 0.1) is 0 Å². The number of nitrogens with zero attached hydrogens (tertiary/aromatic N) is 2. The molecule has 0 fully saturated rings. The molecule has 0 aliphatic heterocycles. The Morgan fingerprint density at radius 1 is 1.37 bits per heavy atom. The van der Waals surface area contributed by atoms with E-state index in [4.69, 9.17) is 4.74 Å². The summed E-state index contributed by atoms with van der Waals surface area (Å²) in [4.78, 5) is 11.9. The van der Waals surface area contributed by atoms with Gasteiger partial charge in [0.2, 0.25) is 0 Å². The molecule has 0 spiro atoms. The van der Waals surface area contributed by atoms with Crippen LogP contribution in [0.4, 0.5) is 0 Å². The quantitative estimate of drug-likeness (QED) is 0.903. The van der Waals surface area contributed by atoms with Crippen molar-refractivity contribution in [3.8, 4) is 17.0 Å². The van der Waals surface area contributed by atoms with Crippen LogP contribution in [0.25, 0.3) is 11.3 Å². The summed E-state index contributed by atoms with van der Waals surface area (Å²) in [5.41, 5.74) is 1.58. The summed E-state index contributed by atoms with van der Waals surface area (Å²) in [6.45, 7) is 2.01. The minimum Gasteiger partial charge on any atom is -0.497 e. The molecule has 19 heavy (non-hydrogen) atoms. The SMILES string of the molecule is CCn1nc(-c2cccc(OC)c2)cc(CO)c1=O. The van der Waals surface area contributed by atoms with Crippen LogP contribution in [0.3, 0.4) is 0 Å². The predicted octanol–water partition coefficient (Wildman–Crippen LogP) is 1.43. The van der Waals surface area contributed by atoms with Gasteiger partial charge < -0.3 is 9.84 Å². The van der Waals surface area contributed by atoms with Crippen LogP contribution in [-0.4, -0.2) is 22.0 Å². The minimum atomic E-state index is -0.293. The Balaban J connectivity index is 2.58. The van der Waals surface area contributed by atoms with Crippen molar-refractivity contribution in [1.82, 2.24) is 9.78 Å². The van der Waals surface area contributed by atoms with E-state index in [0.29, 0.717) is 17.8 Å². The van der Waals surface area contributed by atoms with Gasteiger partial charge in [-0.1, -0.05) is 12.1 Å². The van der Waals surface area contributed by atoms with Crippen molar-refractivity contribution in [3.63, 3.8) is 0 Å². The Labute approximate surface area is 111 Å². The summed E-state index contributed by atoms with van der Waals surface area (Å²) in [6.07, 6.45) is 0. The number of hydrogen-bond donors (Lipinski definition) is 1. The molecule has 100 valence electrons. The first-order chi connectivity index (χ1) is 9.19. The molecule has 5 nitrogen and oxygen atoms in total. The molecule has 0 aliphatic rings. The molecule has 0 unspecified atom stereocenters. The Morgan fingerprint density at radius 3 is 2.79 bits per heavy atom. The number of methoxy groups -OCH3 is 1. The summed E-state index contributed by atoms with van der Waals surface area (Å²) in [5.74, 6) is 0.721. The van der Waals surface area contributed by atoms with Crippen molar-refractivity contribution in [1.29, 1.82) is 0 Å². The summed E-state index contributed by atoms with van der Waals surface area (Å²) in [7, 11) is 1.60. The third kappa shape index (κ3) is 2.66. The Morgan fingerprint density at radius 2 is 2.16 bits per heavy atom. The molecule has 0 saturated heterocycles. The Hall–Kier alpha value is -2.14. The van der Waals surface area contributed by atoms with Crippen molar-refractivity contribution < 1.29 is 9.84 Å². The molecule has 2 rings (SSSR count). The first kappa shape index (κ1) is 13.3. The molecular formula is C14H16N2O3. The second kappa shape index (κ2) is 5.67. The van der Waals surface area contributed by atoms with E-state index in [1.165, 1.54) is 4.68 Å². The molecular weight excluding hydrogens is 244 g/mol. The van der Waals surface area contributed by atoms with Crippen molar-refractivity contribution in [3.05, 3.63) is 46.2 Å². The highest BCUT2D eigenvalue weighted by Crippen LogP contribution is 2.21. The summed E-state index contributed by atoms with van der Waals surface area (Å²) >= 11 is 0. The maximum absolute atomic E-state index is 11.9. The zero-order valence-electron chi connectivity index (χ0n) is 11.0. The molecule has 0 atom stereocenters. The van der Waals surface area contributed by atoms with Gasteiger partial charge in [0.25, 0.3) is 5.56 Å². The monoisotopic (exact) mass is 260 g/mol. The number of aryl methyl sites for hydroxylation is 1. The van der Waals surface area contributed by atoms with Crippen molar-refractivity contribution in [2.75, 3.05) is 7.11 Å². The van der Waals surface area contributed by atoms with Gasteiger partial charge in [-0.05, 0) is 25.1 Å². The first-order valence-corrected chi connectivity index (χ1v) is 6.06. The van der Waals surface area contributed by atoms with Crippen LogP contribution in [0.1, 0.15) is 12.5 Å². The fourth-order valence-electron chi connectivity index (χ4n) is 1.85. The summed E-state index contributed by atoms with van der Waals surface area (Å²) in [6, 6.07) is 9.04. The lowest BCUT2D eigenvalue weighted by Gasteiger charge is -2.09. The second-order valence-electron chi connectivity index (χ2n) is 4.07. The average Bonchev–Trinajstić information content (AvgIpc) is 2.47. The van der Waals surface area contributed by atoms with E-state index in [-0.39, 0.29) is 12.2 Å². The zero-order valence-corrected chi connectivity index (χ0v) is 11.0. The van der Waals surface area contributed by atoms with Gasteiger partial charge in [-0.25, -0.2) is 4.68 Å². The van der Waals surface area contributed by atoms with E-state index < -0.39 is 0 Å². The molecule has 1 aromatic heterocycles. The Kier molecular flexibility index (Phi) is 3.97. The minimum absolute atomic E-state index is 0.253. The smallest absolute Gasteiger partial charge is 0.272 e. The van der Waals surface area contributed by atoms with Gasteiger partial charge in [0.1, 0.15) is 5.75 Å². The van der Waals surface area contributed by atoms with Gasteiger partial charge in [0.15, 0.2) is 0 Å². The molecule has 0 saturated carbocycles. The van der Waals surface area contributed by atoms with Gasteiger partial charge >= 0.3 is 0 Å². The number of rotatable bonds is 4. The van der Waals surface area contributed by atoms with E-state index in [9.17, 15) is 9.90 Å². The number of aromatic nitrogens is 2. The Bertz CT molecular complexity index is 607. The van der Waals surface area contributed by atoms with E-state index in [2.05, 4.69) is 5.10 Å². The van der Waals surface area contributed by atoms with Gasteiger partial charge in [-0.3, -0.25) is 4.79 Å². The largest absolute Gasteiger partial charge is 0.497 e. The number of aliphatic hydroxyl groups excluding tert-OH is 1. The molecule has 1 aromatic carbocycles. The van der Waals surface area contributed by atoms with Crippen LogP contribution in [0.5, 0.6) is 5.75 Å². The standard InChI is InChI=1S/C14H16N2O3/c1-3-16-14(18)11(9-17)8-13(15-16)10-5-4-6-12(7-10)19-2/h4-8,17H,3,9H2,1-2H3. The van der Waals surface area contributed by atoms with Crippen LogP contribution in [0.2, 0.25) is 0 Å². The lowest BCUT2D eigenvalue weighted by atomic mass is 10.1.